The molecule has 0 bridgehead atoms. The molecule has 5 atom stereocenters. The first-order valence-corrected chi connectivity index (χ1v) is 5.24. The molecule has 1 rings (SSSR count). The van der Waals surface area contributed by atoms with E-state index in [-0.39, 0.29) is 12.2 Å². The molecule has 5 N–H and O–H groups in total. The predicted octanol–water partition coefficient (Wildman–Crippen LogP) is -2.53. The summed E-state index contributed by atoms with van der Waals surface area (Å²) >= 11 is 3.87. The number of ether oxygens (including phenoxy) is 1. The monoisotopic (exact) mass is 240 g/mol. The van der Waals surface area contributed by atoms with Crippen LogP contribution in [0.1, 0.15) is 6.42 Å². The molecular formula is C8H16O6S. The molecule has 1 aliphatic rings. The van der Waals surface area contributed by atoms with Crippen LogP contribution in [-0.4, -0.2) is 68.1 Å². The second kappa shape index (κ2) is 4.96. The van der Waals surface area contributed by atoms with Crippen molar-refractivity contribution in [2.45, 2.75) is 36.6 Å². The van der Waals surface area contributed by atoms with E-state index in [2.05, 4.69) is 12.6 Å². The van der Waals surface area contributed by atoms with Crippen molar-refractivity contribution >= 4 is 12.6 Å². The zero-order valence-corrected chi connectivity index (χ0v) is 8.92. The van der Waals surface area contributed by atoms with Crippen LogP contribution in [0.25, 0.3) is 0 Å². The Hall–Kier alpha value is 0.110. The topological polar surface area (TPSA) is 110 Å². The Morgan fingerprint density at radius 1 is 1.27 bits per heavy atom. The van der Waals surface area contributed by atoms with Gasteiger partial charge < -0.3 is 30.3 Å². The largest absolute Gasteiger partial charge is 0.394 e. The van der Waals surface area contributed by atoms with Gasteiger partial charge in [0.1, 0.15) is 23.9 Å². The van der Waals surface area contributed by atoms with Crippen LogP contribution in [-0.2, 0) is 4.74 Å². The third-order valence-corrected chi connectivity index (χ3v) is 2.86. The van der Waals surface area contributed by atoms with Gasteiger partial charge in [-0.3, -0.25) is 0 Å². The van der Waals surface area contributed by atoms with Gasteiger partial charge in [0.15, 0.2) is 6.29 Å². The maximum absolute atomic E-state index is 9.88. The number of rotatable bonds is 3. The molecule has 15 heavy (non-hydrogen) atoms. The van der Waals surface area contributed by atoms with E-state index in [9.17, 15) is 20.4 Å². The van der Waals surface area contributed by atoms with Gasteiger partial charge in [0, 0.05) is 0 Å². The maximum atomic E-state index is 9.88. The Labute approximate surface area is 92.5 Å². The van der Waals surface area contributed by atoms with E-state index in [1.54, 1.807) is 0 Å². The molecule has 0 aromatic carbocycles. The molecule has 0 aromatic rings. The Morgan fingerprint density at radius 2 is 1.87 bits per heavy atom. The highest BCUT2D eigenvalue weighted by Crippen LogP contribution is 2.31. The summed E-state index contributed by atoms with van der Waals surface area (Å²) in [6.07, 6.45) is -5.81. The molecular weight excluding hydrogens is 224 g/mol. The van der Waals surface area contributed by atoms with Gasteiger partial charge in [-0.15, -0.1) is 0 Å². The molecule has 90 valence electrons. The van der Waals surface area contributed by atoms with Crippen molar-refractivity contribution < 1.29 is 30.3 Å². The van der Waals surface area contributed by atoms with Crippen LogP contribution in [0.5, 0.6) is 0 Å². The van der Waals surface area contributed by atoms with Gasteiger partial charge in [0.05, 0.1) is 6.61 Å². The van der Waals surface area contributed by atoms with Gasteiger partial charge >= 0.3 is 0 Å². The summed E-state index contributed by atoms with van der Waals surface area (Å²) in [4.78, 5) is 0. The van der Waals surface area contributed by atoms with Gasteiger partial charge in [0.2, 0.25) is 0 Å². The van der Waals surface area contributed by atoms with Crippen LogP contribution in [0.15, 0.2) is 0 Å². The van der Waals surface area contributed by atoms with Crippen molar-refractivity contribution in [2.24, 2.45) is 0 Å². The molecule has 0 unspecified atom stereocenters. The van der Waals surface area contributed by atoms with E-state index in [0.29, 0.717) is 0 Å². The lowest BCUT2D eigenvalue weighted by Gasteiger charge is -2.45. The Balaban J connectivity index is 2.83. The lowest BCUT2D eigenvalue weighted by atomic mass is 9.84. The molecule has 0 spiro atoms. The molecule has 7 heteroatoms. The van der Waals surface area contributed by atoms with E-state index in [1.165, 1.54) is 0 Å². The minimum absolute atomic E-state index is 0.0341. The number of aliphatic hydroxyl groups excluding tert-OH is 4. The fraction of sp³-hybridized carbons (Fsp3) is 1.00. The van der Waals surface area contributed by atoms with E-state index in [4.69, 9.17) is 9.84 Å². The third kappa shape index (κ3) is 2.28. The van der Waals surface area contributed by atoms with Gasteiger partial charge in [-0.25, -0.2) is 0 Å². The molecule has 6 nitrogen and oxygen atoms in total. The molecule has 1 fully saturated rings. The smallest absolute Gasteiger partial charge is 0.187 e. The first-order chi connectivity index (χ1) is 6.97. The first-order valence-electron chi connectivity index (χ1n) is 4.61. The zero-order chi connectivity index (χ0) is 11.6. The van der Waals surface area contributed by atoms with Crippen molar-refractivity contribution in [3.05, 3.63) is 0 Å². The average Bonchev–Trinajstić information content (AvgIpc) is 2.21. The Morgan fingerprint density at radius 3 is 2.33 bits per heavy atom. The van der Waals surface area contributed by atoms with Crippen molar-refractivity contribution in [2.75, 3.05) is 12.4 Å². The Kier molecular flexibility index (Phi) is 4.36. The van der Waals surface area contributed by atoms with Gasteiger partial charge in [-0.05, 0) is 12.2 Å². The third-order valence-electron chi connectivity index (χ3n) is 2.64. The SMILES string of the molecule is OC[C@H]1O[C@@H](O)[C@@](O)(CCS)[C@@H](O)[C@@H]1O. The highest BCUT2D eigenvalue weighted by Gasteiger charge is 2.53. The lowest BCUT2D eigenvalue weighted by Crippen LogP contribution is -2.66. The number of hydrogen-bond donors (Lipinski definition) is 6. The summed E-state index contributed by atoms with van der Waals surface area (Å²) in [6.45, 7) is -0.549. The van der Waals surface area contributed by atoms with Crippen molar-refractivity contribution in [3.8, 4) is 0 Å². The maximum Gasteiger partial charge on any atom is 0.187 e. The van der Waals surface area contributed by atoms with E-state index in [1.807, 2.05) is 0 Å². The van der Waals surface area contributed by atoms with Crippen LogP contribution in [0.3, 0.4) is 0 Å². The van der Waals surface area contributed by atoms with Crippen LogP contribution < -0.4 is 0 Å². The fourth-order valence-electron chi connectivity index (χ4n) is 1.61. The standard InChI is InChI=1S/C8H16O6S/c9-3-4-5(10)6(11)8(13,1-2-15)7(12)14-4/h4-7,9-13,15H,1-3H2/t4-,5-,6+,7-,8-/m1/s1. The normalized spacial score (nSPS) is 46.8. The highest BCUT2D eigenvalue weighted by atomic mass is 32.1. The van der Waals surface area contributed by atoms with Crippen LogP contribution in [0, 0.1) is 0 Å². The minimum atomic E-state index is -1.95. The molecule has 0 saturated carbocycles. The lowest BCUT2D eigenvalue weighted by molar-refractivity contribution is -0.329. The highest BCUT2D eigenvalue weighted by molar-refractivity contribution is 7.80. The second-order valence-corrected chi connectivity index (χ2v) is 4.06. The number of hydrogen-bond acceptors (Lipinski definition) is 7. The summed E-state index contributed by atoms with van der Waals surface area (Å²) in [6, 6.07) is 0. The summed E-state index contributed by atoms with van der Waals surface area (Å²) in [5.41, 5.74) is -1.95. The first kappa shape index (κ1) is 13.2. The van der Waals surface area contributed by atoms with E-state index < -0.39 is 36.8 Å². The average molecular weight is 240 g/mol. The van der Waals surface area contributed by atoms with Gasteiger partial charge in [0.25, 0.3) is 0 Å². The van der Waals surface area contributed by atoms with Crippen molar-refractivity contribution in [1.29, 1.82) is 0 Å². The van der Waals surface area contributed by atoms with E-state index in [0.717, 1.165) is 0 Å². The summed E-state index contributed by atoms with van der Waals surface area (Å²) in [5, 5.41) is 47.2. The summed E-state index contributed by atoms with van der Waals surface area (Å²) in [7, 11) is 0. The minimum Gasteiger partial charge on any atom is -0.394 e. The van der Waals surface area contributed by atoms with E-state index >= 15 is 0 Å². The van der Waals surface area contributed by atoms with Crippen molar-refractivity contribution in [1.82, 2.24) is 0 Å². The summed E-state index contributed by atoms with van der Waals surface area (Å²) in [5.74, 6) is 0.213. The molecule has 1 heterocycles. The van der Waals surface area contributed by atoms with Crippen molar-refractivity contribution in [3.63, 3.8) is 0 Å². The molecule has 0 radical (unpaired) electrons. The molecule has 1 aliphatic heterocycles. The molecule has 1 saturated heterocycles. The number of aliphatic hydroxyl groups is 5. The second-order valence-electron chi connectivity index (χ2n) is 3.61. The van der Waals surface area contributed by atoms with Crippen LogP contribution >= 0.6 is 12.6 Å². The van der Waals surface area contributed by atoms with Gasteiger partial charge in [-0.1, -0.05) is 0 Å². The molecule has 0 aliphatic carbocycles. The fourth-order valence-corrected chi connectivity index (χ4v) is 1.97. The zero-order valence-electron chi connectivity index (χ0n) is 8.02. The van der Waals surface area contributed by atoms with Crippen LogP contribution in [0.2, 0.25) is 0 Å². The van der Waals surface area contributed by atoms with Crippen LogP contribution in [0.4, 0.5) is 0 Å². The molecule has 0 amide bonds. The summed E-state index contributed by atoms with van der Waals surface area (Å²) < 4.78 is 4.80. The quantitative estimate of drug-likeness (QED) is 0.304. The Bertz CT molecular complexity index is 215. The predicted molar refractivity (Wildman–Crippen MR) is 53.4 cm³/mol. The number of thiol groups is 1. The molecule has 0 aromatic heterocycles. The van der Waals surface area contributed by atoms with Gasteiger partial charge in [-0.2, -0.15) is 12.6 Å².